The van der Waals surface area contributed by atoms with E-state index in [2.05, 4.69) is 0 Å². The Hall–Kier alpha value is -1.75. The number of benzene rings is 1. The molecule has 5 heteroatoms. The fourth-order valence-electron chi connectivity index (χ4n) is 2.72. The van der Waals surface area contributed by atoms with Gasteiger partial charge in [-0.2, -0.15) is 0 Å². The molecular formula is C16H23NO4. The Labute approximate surface area is 124 Å². The first-order chi connectivity index (χ1) is 9.93. The van der Waals surface area contributed by atoms with Crippen LogP contribution in [0.1, 0.15) is 48.5 Å². The van der Waals surface area contributed by atoms with Gasteiger partial charge < -0.3 is 20.2 Å². The number of carbonyl (C=O) groups excluding carboxylic acids is 1. The van der Waals surface area contributed by atoms with Crippen molar-refractivity contribution in [3.63, 3.8) is 0 Å². The zero-order valence-corrected chi connectivity index (χ0v) is 12.5. The molecule has 1 aromatic rings. The zero-order valence-electron chi connectivity index (χ0n) is 12.5. The predicted molar refractivity (Wildman–Crippen MR) is 79.6 cm³/mol. The number of carbonyl (C=O) groups is 1. The summed E-state index contributed by atoms with van der Waals surface area (Å²) in [6.45, 7) is 5.17. The summed E-state index contributed by atoms with van der Waals surface area (Å²) in [5, 5.41) is 28.9. The highest BCUT2D eigenvalue weighted by Crippen LogP contribution is 2.33. The third-order valence-corrected chi connectivity index (χ3v) is 4.16. The second kappa shape index (κ2) is 6.35. The number of hydrogen-bond acceptors (Lipinski definition) is 4. The van der Waals surface area contributed by atoms with E-state index in [-0.39, 0.29) is 41.4 Å². The maximum absolute atomic E-state index is 12.5. The molecule has 1 heterocycles. The van der Waals surface area contributed by atoms with E-state index in [1.807, 2.05) is 13.8 Å². The van der Waals surface area contributed by atoms with Crippen LogP contribution in [0.25, 0.3) is 0 Å². The first-order valence-corrected chi connectivity index (χ1v) is 7.40. The third kappa shape index (κ3) is 3.29. The Bertz CT molecular complexity index is 519. The Morgan fingerprint density at radius 2 is 1.86 bits per heavy atom. The molecule has 1 aliphatic heterocycles. The van der Waals surface area contributed by atoms with Gasteiger partial charge in [-0.05, 0) is 36.3 Å². The first-order valence-electron chi connectivity index (χ1n) is 7.40. The van der Waals surface area contributed by atoms with Crippen molar-refractivity contribution in [2.75, 3.05) is 19.7 Å². The molecule has 21 heavy (non-hydrogen) atoms. The van der Waals surface area contributed by atoms with Crippen molar-refractivity contribution in [1.82, 2.24) is 4.90 Å². The number of amides is 1. The highest BCUT2D eigenvalue weighted by Gasteiger charge is 2.26. The van der Waals surface area contributed by atoms with Crippen LogP contribution in [-0.2, 0) is 0 Å². The molecule has 1 fully saturated rings. The second-order valence-corrected chi connectivity index (χ2v) is 6.00. The number of aliphatic hydroxyl groups is 1. The Morgan fingerprint density at radius 3 is 2.38 bits per heavy atom. The molecule has 0 atom stereocenters. The van der Waals surface area contributed by atoms with Crippen LogP contribution in [0, 0.1) is 5.92 Å². The van der Waals surface area contributed by atoms with E-state index in [1.165, 1.54) is 6.07 Å². The molecule has 0 unspecified atom stereocenters. The lowest BCUT2D eigenvalue weighted by molar-refractivity contribution is 0.0648. The number of phenols is 2. The number of nitrogens with zero attached hydrogens (tertiary/aromatic N) is 1. The molecule has 1 aromatic carbocycles. The third-order valence-electron chi connectivity index (χ3n) is 4.16. The maximum Gasteiger partial charge on any atom is 0.257 e. The Kier molecular flexibility index (Phi) is 4.73. The zero-order chi connectivity index (χ0) is 15.6. The van der Waals surface area contributed by atoms with Gasteiger partial charge in [0, 0.05) is 25.8 Å². The van der Waals surface area contributed by atoms with Crippen LogP contribution in [0.5, 0.6) is 11.5 Å². The van der Waals surface area contributed by atoms with Gasteiger partial charge in [0.2, 0.25) is 0 Å². The quantitative estimate of drug-likeness (QED) is 0.797. The fourth-order valence-corrected chi connectivity index (χ4v) is 2.72. The van der Waals surface area contributed by atoms with Gasteiger partial charge in [0.15, 0.2) is 0 Å². The summed E-state index contributed by atoms with van der Waals surface area (Å²) >= 11 is 0. The summed E-state index contributed by atoms with van der Waals surface area (Å²) in [6.07, 6.45) is 1.55. The summed E-state index contributed by atoms with van der Waals surface area (Å²) in [4.78, 5) is 14.2. The van der Waals surface area contributed by atoms with E-state index in [0.29, 0.717) is 18.7 Å². The van der Waals surface area contributed by atoms with Crippen LogP contribution in [0.4, 0.5) is 0 Å². The summed E-state index contributed by atoms with van der Waals surface area (Å²) in [5.41, 5.74) is 0.889. The van der Waals surface area contributed by atoms with Crippen molar-refractivity contribution in [3.05, 3.63) is 23.3 Å². The lowest BCUT2D eigenvalue weighted by Crippen LogP contribution is -2.39. The number of phenolic OH excluding ortho intramolecular Hbond substituents is 2. The van der Waals surface area contributed by atoms with E-state index in [9.17, 15) is 15.0 Å². The van der Waals surface area contributed by atoms with E-state index in [1.54, 1.807) is 11.0 Å². The summed E-state index contributed by atoms with van der Waals surface area (Å²) in [6, 6.07) is 2.82. The molecule has 3 N–H and O–H groups in total. The van der Waals surface area contributed by atoms with Gasteiger partial charge in [-0.1, -0.05) is 13.8 Å². The average molecular weight is 293 g/mol. The molecule has 0 radical (unpaired) electrons. The number of hydrogen-bond donors (Lipinski definition) is 3. The minimum absolute atomic E-state index is 0.0121. The molecule has 5 nitrogen and oxygen atoms in total. The van der Waals surface area contributed by atoms with E-state index in [0.717, 1.165) is 12.8 Å². The van der Waals surface area contributed by atoms with Crippen LogP contribution < -0.4 is 0 Å². The number of rotatable bonds is 3. The van der Waals surface area contributed by atoms with Gasteiger partial charge in [0.1, 0.15) is 11.5 Å². The lowest BCUT2D eigenvalue weighted by atomic mass is 9.95. The fraction of sp³-hybridized carbons (Fsp3) is 0.562. The number of piperidine rings is 1. The van der Waals surface area contributed by atoms with E-state index >= 15 is 0 Å². The molecule has 0 bridgehead atoms. The van der Waals surface area contributed by atoms with Crippen LogP contribution in [-0.4, -0.2) is 45.8 Å². The van der Waals surface area contributed by atoms with Crippen molar-refractivity contribution in [2.24, 2.45) is 5.92 Å². The number of aliphatic hydroxyl groups excluding tert-OH is 1. The van der Waals surface area contributed by atoms with E-state index < -0.39 is 0 Å². The minimum atomic E-state index is -0.217. The van der Waals surface area contributed by atoms with E-state index in [4.69, 9.17) is 5.11 Å². The standard InChI is InChI=1S/C16H23NO4/c1-10(2)12-7-13(15(20)8-14(12)19)16(21)17-5-3-11(9-18)4-6-17/h7-8,10-11,18-20H,3-6,9H2,1-2H3. The molecule has 0 saturated carbocycles. The van der Waals surface area contributed by atoms with Crippen LogP contribution in [0.2, 0.25) is 0 Å². The van der Waals surface area contributed by atoms with Gasteiger partial charge in [-0.15, -0.1) is 0 Å². The minimum Gasteiger partial charge on any atom is -0.508 e. The molecule has 1 saturated heterocycles. The molecule has 116 valence electrons. The molecule has 1 aliphatic rings. The molecule has 1 amide bonds. The van der Waals surface area contributed by atoms with Crippen molar-refractivity contribution < 1.29 is 20.1 Å². The van der Waals surface area contributed by atoms with Crippen LogP contribution >= 0.6 is 0 Å². The average Bonchev–Trinajstić information content (AvgIpc) is 2.46. The van der Waals surface area contributed by atoms with Crippen LogP contribution in [0.3, 0.4) is 0 Å². The van der Waals surface area contributed by atoms with Gasteiger partial charge in [-0.25, -0.2) is 0 Å². The molecule has 0 aliphatic carbocycles. The highest BCUT2D eigenvalue weighted by molar-refractivity contribution is 5.97. The van der Waals surface area contributed by atoms with Crippen molar-refractivity contribution in [2.45, 2.75) is 32.6 Å². The largest absolute Gasteiger partial charge is 0.508 e. The molecule has 0 spiro atoms. The van der Waals surface area contributed by atoms with Gasteiger partial charge in [0.25, 0.3) is 5.91 Å². The van der Waals surface area contributed by atoms with Crippen molar-refractivity contribution in [3.8, 4) is 11.5 Å². The van der Waals surface area contributed by atoms with Crippen molar-refractivity contribution >= 4 is 5.91 Å². The summed E-state index contributed by atoms with van der Waals surface area (Å²) < 4.78 is 0. The molecule has 0 aromatic heterocycles. The molecule has 2 rings (SSSR count). The number of likely N-dealkylation sites (tertiary alicyclic amines) is 1. The normalized spacial score (nSPS) is 16.5. The van der Waals surface area contributed by atoms with Gasteiger partial charge in [0.05, 0.1) is 5.56 Å². The SMILES string of the molecule is CC(C)c1cc(C(=O)N2CCC(CO)CC2)c(O)cc1O. The monoisotopic (exact) mass is 293 g/mol. The summed E-state index contributed by atoms with van der Waals surface area (Å²) in [7, 11) is 0. The molecular weight excluding hydrogens is 270 g/mol. The Balaban J connectivity index is 2.21. The highest BCUT2D eigenvalue weighted by atomic mass is 16.3. The van der Waals surface area contributed by atoms with Crippen molar-refractivity contribution in [1.29, 1.82) is 0 Å². The van der Waals surface area contributed by atoms with Gasteiger partial charge >= 0.3 is 0 Å². The lowest BCUT2D eigenvalue weighted by Gasteiger charge is -2.31. The summed E-state index contributed by atoms with van der Waals surface area (Å²) in [5.74, 6) is -0.0685. The predicted octanol–water partition coefficient (Wildman–Crippen LogP) is 2.07. The second-order valence-electron chi connectivity index (χ2n) is 6.00. The van der Waals surface area contributed by atoms with Gasteiger partial charge in [-0.3, -0.25) is 4.79 Å². The van der Waals surface area contributed by atoms with Crippen LogP contribution in [0.15, 0.2) is 12.1 Å². The topological polar surface area (TPSA) is 81.0 Å². The maximum atomic E-state index is 12.5. The Morgan fingerprint density at radius 1 is 1.24 bits per heavy atom. The number of aromatic hydroxyl groups is 2. The smallest absolute Gasteiger partial charge is 0.257 e. The first kappa shape index (κ1) is 15.6.